The zero-order valence-electron chi connectivity index (χ0n) is 8.33. The summed E-state index contributed by atoms with van der Waals surface area (Å²) in [4.78, 5) is 7.03. The van der Waals surface area contributed by atoms with Gasteiger partial charge in [0.05, 0.1) is 22.3 Å². The molecule has 0 saturated carbocycles. The first-order valence-electron chi connectivity index (χ1n) is 4.25. The van der Waals surface area contributed by atoms with E-state index in [4.69, 9.17) is 10.7 Å². The highest BCUT2D eigenvalue weighted by Gasteiger charge is 2.13. The van der Waals surface area contributed by atoms with E-state index in [1.54, 1.807) is 10.9 Å². The maximum absolute atomic E-state index is 9.05. The number of aryl methyl sites for hydroxylation is 1. The third-order valence-electron chi connectivity index (χ3n) is 2.21. The molecular weight excluding hydrogens is 210 g/mol. The molecule has 0 unspecified atom stereocenters. The summed E-state index contributed by atoms with van der Waals surface area (Å²) in [6.45, 7) is 0. The number of aromatic nitrogens is 3. The number of hydrogen-bond donors (Lipinski definition) is 2. The number of thioether (sulfide) groups is 1. The molecule has 6 heteroatoms. The summed E-state index contributed by atoms with van der Waals surface area (Å²) in [5.74, 6) is 0. The standard InChI is InChI=1S/C9H9N5S/c1-14-4-12-7(11)6-5(3-10)9(15-2)13-8(6)14/h4,11,13H,1-2H3. The van der Waals surface area contributed by atoms with Crippen molar-refractivity contribution in [2.75, 3.05) is 6.26 Å². The molecule has 0 spiro atoms. The third-order valence-corrected chi connectivity index (χ3v) is 2.93. The van der Waals surface area contributed by atoms with Gasteiger partial charge in [0, 0.05) is 7.05 Å². The van der Waals surface area contributed by atoms with Crippen LogP contribution in [0, 0.1) is 16.7 Å². The van der Waals surface area contributed by atoms with Gasteiger partial charge >= 0.3 is 0 Å². The fraction of sp³-hybridized carbons (Fsp3) is 0.222. The first-order valence-corrected chi connectivity index (χ1v) is 5.47. The SMILES string of the molecule is CSc1[nH]c2c(c1C#N)c(=N)ncn2C. The van der Waals surface area contributed by atoms with Crippen LogP contribution in [-0.4, -0.2) is 20.8 Å². The smallest absolute Gasteiger partial charge is 0.158 e. The van der Waals surface area contributed by atoms with E-state index in [9.17, 15) is 0 Å². The van der Waals surface area contributed by atoms with Gasteiger partial charge in [-0.1, -0.05) is 0 Å². The molecule has 0 aliphatic rings. The number of rotatable bonds is 1. The number of H-pyrrole nitrogens is 1. The molecule has 0 fully saturated rings. The van der Waals surface area contributed by atoms with Crippen molar-refractivity contribution in [2.24, 2.45) is 7.05 Å². The summed E-state index contributed by atoms with van der Waals surface area (Å²) in [5.41, 5.74) is 1.40. The Balaban J connectivity index is 3.03. The van der Waals surface area contributed by atoms with E-state index in [0.717, 1.165) is 10.7 Å². The molecule has 2 aromatic rings. The number of nitrogens with one attached hydrogen (secondary N) is 2. The number of hydrogen-bond acceptors (Lipinski definition) is 4. The number of aromatic amines is 1. The molecule has 0 aromatic carbocycles. The van der Waals surface area contributed by atoms with Crippen molar-refractivity contribution in [3.8, 4) is 6.07 Å². The van der Waals surface area contributed by atoms with Crippen molar-refractivity contribution in [1.29, 1.82) is 10.7 Å². The molecular formula is C9H9N5S. The Hall–Kier alpha value is -1.74. The van der Waals surface area contributed by atoms with Gasteiger partial charge in [0.25, 0.3) is 0 Å². The van der Waals surface area contributed by atoms with Gasteiger partial charge in [-0.2, -0.15) is 5.26 Å². The van der Waals surface area contributed by atoms with E-state index in [0.29, 0.717) is 10.9 Å². The second kappa shape index (κ2) is 3.44. The Morgan fingerprint density at radius 2 is 2.40 bits per heavy atom. The predicted octanol–water partition coefficient (Wildman–Crippen LogP) is 0.974. The predicted molar refractivity (Wildman–Crippen MR) is 57.4 cm³/mol. The summed E-state index contributed by atoms with van der Waals surface area (Å²) >= 11 is 1.46. The number of nitriles is 1. The van der Waals surface area contributed by atoms with Crippen molar-refractivity contribution in [3.63, 3.8) is 0 Å². The summed E-state index contributed by atoms with van der Waals surface area (Å²) in [6.07, 6.45) is 3.45. The van der Waals surface area contributed by atoms with Crippen LogP contribution in [0.3, 0.4) is 0 Å². The van der Waals surface area contributed by atoms with Crippen molar-refractivity contribution in [2.45, 2.75) is 5.03 Å². The van der Waals surface area contributed by atoms with Crippen LogP contribution in [0.5, 0.6) is 0 Å². The molecule has 2 heterocycles. The summed E-state index contributed by atoms with van der Waals surface area (Å²) in [5, 5.41) is 18.1. The van der Waals surface area contributed by atoms with Crippen LogP contribution in [0.25, 0.3) is 11.0 Å². The highest BCUT2D eigenvalue weighted by molar-refractivity contribution is 7.98. The van der Waals surface area contributed by atoms with Gasteiger partial charge in [0.2, 0.25) is 0 Å². The van der Waals surface area contributed by atoms with Crippen LogP contribution in [0.4, 0.5) is 0 Å². The maximum Gasteiger partial charge on any atom is 0.158 e. The van der Waals surface area contributed by atoms with Crippen LogP contribution in [0.2, 0.25) is 0 Å². The van der Waals surface area contributed by atoms with Crippen LogP contribution < -0.4 is 5.49 Å². The summed E-state index contributed by atoms with van der Waals surface area (Å²) in [7, 11) is 1.83. The summed E-state index contributed by atoms with van der Waals surface area (Å²) < 4.78 is 1.77. The van der Waals surface area contributed by atoms with Gasteiger partial charge in [-0.3, -0.25) is 5.41 Å². The first kappa shape index (κ1) is 9.80. The van der Waals surface area contributed by atoms with E-state index < -0.39 is 0 Å². The van der Waals surface area contributed by atoms with Gasteiger partial charge in [0.15, 0.2) is 5.49 Å². The molecule has 2 N–H and O–H groups in total. The average molecular weight is 219 g/mol. The van der Waals surface area contributed by atoms with Crippen molar-refractivity contribution >= 4 is 22.8 Å². The lowest BCUT2D eigenvalue weighted by atomic mass is 10.2. The zero-order valence-corrected chi connectivity index (χ0v) is 9.14. The highest BCUT2D eigenvalue weighted by Crippen LogP contribution is 2.24. The fourth-order valence-electron chi connectivity index (χ4n) is 1.49. The largest absolute Gasteiger partial charge is 0.335 e. The third kappa shape index (κ3) is 1.32. The topological polar surface area (TPSA) is 81.2 Å². The highest BCUT2D eigenvalue weighted by atomic mass is 32.2. The van der Waals surface area contributed by atoms with E-state index >= 15 is 0 Å². The molecule has 2 aromatic heterocycles. The lowest BCUT2D eigenvalue weighted by Gasteiger charge is -1.98. The van der Waals surface area contributed by atoms with Crippen LogP contribution in [0.1, 0.15) is 5.56 Å². The maximum atomic E-state index is 9.05. The molecule has 0 atom stereocenters. The first-order chi connectivity index (χ1) is 7.19. The molecule has 0 amide bonds. The van der Waals surface area contributed by atoms with Crippen LogP contribution >= 0.6 is 11.8 Å². The summed E-state index contributed by atoms with van der Waals surface area (Å²) in [6, 6.07) is 2.11. The molecule has 15 heavy (non-hydrogen) atoms. The fourth-order valence-corrected chi connectivity index (χ4v) is 2.04. The molecule has 5 nitrogen and oxygen atoms in total. The quantitative estimate of drug-likeness (QED) is 0.701. The van der Waals surface area contributed by atoms with Gasteiger partial charge in [-0.05, 0) is 6.26 Å². The molecule has 76 valence electrons. The lowest BCUT2D eigenvalue weighted by molar-refractivity contribution is 0.873. The monoisotopic (exact) mass is 219 g/mol. The van der Waals surface area contributed by atoms with Crippen LogP contribution in [0.15, 0.2) is 11.4 Å². The normalized spacial score (nSPS) is 10.5. The van der Waals surface area contributed by atoms with E-state index in [-0.39, 0.29) is 5.49 Å². The lowest BCUT2D eigenvalue weighted by Crippen LogP contribution is -2.10. The van der Waals surface area contributed by atoms with Crippen molar-refractivity contribution in [3.05, 3.63) is 17.4 Å². The molecule has 0 radical (unpaired) electrons. The minimum atomic E-state index is 0.135. The van der Waals surface area contributed by atoms with Gasteiger partial charge in [-0.15, -0.1) is 11.8 Å². The van der Waals surface area contributed by atoms with Gasteiger partial charge < -0.3 is 9.55 Å². The Kier molecular flexibility index (Phi) is 2.25. The van der Waals surface area contributed by atoms with Gasteiger partial charge in [-0.25, -0.2) is 4.98 Å². The minimum Gasteiger partial charge on any atom is -0.335 e. The van der Waals surface area contributed by atoms with E-state index in [1.165, 1.54) is 11.8 Å². The van der Waals surface area contributed by atoms with Gasteiger partial charge in [0.1, 0.15) is 11.7 Å². The second-order valence-electron chi connectivity index (χ2n) is 3.07. The number of nitrogens with zero attached hydrogens (tertiary/aromatic N) is 3. The molecule has 0 saturated heterocycles. The second-order valence-corrected chi connectivity index (χ2v) is 3.89. The van der Waals surface area contributed by atoms with E-state index in [1.807, 2.05) is 13.3 Å². The van der Waals surface area contributed by atoms with Crippen molar-refractivity contribution < 1.29 is 0 Å². The Labute approximate surface area is 90.3 Å². The molecule has 2 rings (SSSR count). The van der Waals surface area contributed by atoms with Crippen LogP contribution in [-0.2, 0) is 7.05 Å². The molecule has 0 aliphatic carbocycles. The molecule has 0 aliphatic heterocycles. The number of fused-ring (bicyclic) bond motifs is 1. The minimum absolute atomic E-state index is 0.135. The Morgan fingerprint density at radius 3 is 3.00 bits per heavy atom. The Morgan fingerprint density at radius 1 is 1.67 bits per heavy atom. The van der Waals surface area contributed by atoms with E-state index in [2.05, 4.69) is 16.0 Å². The molecule has 0 bridgehead atoms. The Bertz CT molecular complexity index is 616. The average Bonchev–Trinajstić information content (AvgIpc) is 2.63. The van der Waals surface area contributed by atoms with Crippen molar-refractivity contribution in [1.82, 2.24) is 14.5 Å². The zero-order chi connectivity index (χ0) is 11.0.